The summed E-state index contributed by atoms with van der Waals surface area (Å²) in [5, 5.41) is 6.27. The fraction of sp³-hybridized carbons (Fsp3) is 0.364. The molecule has 0 fully saturated rings. The lowest BCUT2D eigenvalue weighted by Gasteiger charge is -2.22. The standard InChI is InChI=1S/C22H30N4O2.HI/c1-4-9-21(27)25-19-11-8-10-18(16-19)17-24-22(23-2)26(3)14-15-28-20-12-6-5-7-13-20;/h5-8,10-13,16H,4,9,14-15,17H2,1-3H3,(H,23,24)(H,25,27);1H. The van der Waals surface area contributed by atoms with Crippen LogP contribution >= 0.6 is 24.0 Å². The summed E-state index contributed by atoms with van der Waals surface area (Å²) in [6.45, 7) is 3.89. The number of anilines is 1. The number of benzene rings is 2. The zero-order chi connectivity index (χ0) is 20.2. The summed E-state index contributed by atoms with van der Waals surface area (Å²) in [5.74, 6) is 1.69. The van der Waals surface area contributed by atoms with E-state index in [9.17, 15) is 4.79 Å². The number of carbonyl (C=O) groups is 1. The molecule has 2 rings (SSSR count). The molecule has 29 heavy (non-hydrogen) atoms. The second-order valence-corrected chi connectivity index (χ2v) is 6.48. The van der Waals surface area contributed by atoms with Crippen molar-refractivity contribution < 1.29 is 9.53 Å². The van der Waals surface area contributed by atoms with Crippen LogP contribution in [0.4, 0.5) is 5.69 Å². The maximum absolute atomic E-state index is 11.8. The Bertz CT molecular complexity index is 768. The van der Waals surface area contributed by atoms with Crippen LogP contribution in [-0.4, -0.2) is 44.0 Å². The van der Waals surface area contributed by atoms with Crippen LogP contribution in [0.1, 0.15) is 25.3 Å². The summed E-state index contributed by atoms with van der Waals surface area (Å²) < 4.78 is 5.74. The van der Waals surface area contributed by atoms with Gasteiger partial charge in [0.25, 0.3) is 0 Å². The number of nitrogens with one attached hydrogen (secondary N) is 2. The molecule has 7 heteroatoms. The zero-order valence-corrected chi connectivity index (χ0v) is 19.7. The minimum absolute atomic E-state index is 0. The third-order valence-electron chi connectivity index (χ3n) is 4.15. The SMILES string of the molecule is CCCC(=O)Nc1cccc(CNC(=NC)N(C)CCOc2ccccc2)c1.I. The molecule has 0 aromatic heterocycles. The summed E-state index contributed by atoms with van der Waals surface area (Å²) in [5.41, 5.74) is 1.89. The van der Waals surface area contributed by atoms with Gasteiger partial charge in [0.15, 0.2) is 5.96 Å². The van der Waals surface area contributed by atoms with Gasteiger partial charge in [0.1, 0.15) is 12.4 Å². The highest BCUT2D eigenvalue weighted by atomic mass is 127. The first kappa shape index (κ1) is 24.7. The van der Waals surface area contributed by atoms with E-state index in [1.807, 2.05) is 73.5 Å². The van der Waals surface area contributed by atoms with Gasteiger partial charge in [0.05, 0.1) is 6.54 Å². The highest BCUT2D eigenvalue weighted by Gasteiger charge is 2.07. The number of para-hydroxylation sites is 1. The molecule has 0 bridgehead atoms. The van der Waals surface area contributed by atoms with Crippen LogP contribution in [0.25, 0.3) is 0 Å². The Kier molecular flexibility index (Phi) is 11.8. The lowest BCUT2D eigenvalue weighted by atomic mass is 10.2. The van der Waals surface area contributed by atoms with E-state index >= 15 is 0 Å². The summed E-state index contributed by atoms with van der Waals surface area (Å²) in [6, 6.07) is 17.6. The number of hydrogen-bond acceptors (Lipinski definition) is 3. The summed E-state index contributed by atoms with van der Waals surface area (Å²) >= 11 is 0. The van der Waals surface area contributed by atoms with Crippen molar-refractivity contribution in [3.05, 3.63) is 60.2 Å². The molecule has 0 aliphatic carbocycles. The minimum Gasteiger partial charge on any atom is -0.492 e. The molecule has 158 valence electrons. The van der Waals surface area contributed by atoms with Crippen LogP contribution in [0.3, 0.4) is 0 Å². The average Bonchev–Trinajstić information content (AvgIpc) is 2.70. The number of hydrogen-bond donors (Lipinski definition) is 2. The number of nitrogens with zero attached hydrogens (tertiary/aromatic N) is 2. The second kappa shape index (κ2) is 13.8. The van der Waals surface area contributed by atoms with Crippen molar-refractivity contribution in [1.29, 1.82) is 0 Å². The van der Waals surface area contributed by atoms with Crippen LogP contribution in [0, 0.1) is 0 Å². The Morgan fingerprint density at radius 2 is 1.90 bits per heavy atom. The van der Waals surface area contributed by atoms with Gasteiger partial charge in [-0.25, -0.2) is 0 Å². The molecule has 0 saturated carbocycles. The van der Waals surface area contributed by atoms with E-state index in [4.69, 9.17) is 4.74 Å². The monoisotopic (exact) mass is 510 g/mol. The van der Waals surface area contributed by atoms with Gasteiger partial charge in [-0.15, -0.1) is 24.0 Å². The highest BCUT2D eigenvalue weighted by Crippen LogP contribution is 2.11. The molecule has 0 saturated heterocycles. The van der Waals surface area contributed by atoms with Crippen molar-refractivity contribution in [2.75, 3.05) is 32.6 Å². The Morgan fingerprint density at radius 1 is 1.14 bits per heavy atom. The topological polar surface area (TPSA) is 66.0 Å². The number of amides is 1. The molecule has 0 unspecified atom stereocenters. The van der Waals surface area contributed by atoms with Crippen molar-refractivity contribution in [2.24, 2.45) is 4.99 Å². The molecule has 6 nitrogen and oxygen atoms in total. The van der Waals surface area contributed by atoms with Gasteiger partial charge in [0.2, 0.25) is 5.91 Å². The predicted octanol–water partition coefficient (Wildman–Crippen LogP) is 4.13. The first-order valence-corrected chi connectivity index (χ1v) is 9.60. The quantitative estimate of drug-likeness (QED) is 0.303. The summed E-state index contributed by atoms with van der Waals surface area (Å²) in [6.07, 6.45) is 1.37. The highest BCUT2D eigenvalue weighted by molar-refractivity contribution is 14.0. The lowest BCUT2D eigenvalue weighted by Crippen LogP contribution is -2.40. The normalized spacial score (nSPS) is 10.7. The molecule has 0 atom stereocenters. The van der Waals surface area contributed by atoms with E-state index in [2.05, 4.69) is 15.6 Å². The Morgan fingerprint density at radius 3 is 2.59 bits per heavy atom. The Balaban J connectivity index is 0.00000420. The molecule has 0 aliphatic rings. The van der Waals surface area contributed by atoms with E-state index in [0.29, 0.717) is 26.1 Å². The van der Waals surface area contributed by atoms with E-state index in [1.54, 1.807) is 7.05 Å². The van der Waals surface area contributed by atoms with Crippen LogP contribution in [-0.2, 0) is 11.3 Å². The van der Waals surface area contributed by atoms with E-state index in [0.717, 1.165) is 29.4 Å². The van der Waals surface area contributed by atoms with Gasteiger partial charge >= 0.3 is 0 Å². The third kappa shape index (κ3) is 9.17. The number of guanidine groups is 1. The zero-order valence-electron chi connectivity index (χ0n) is 17.4. The smallest absolute Gasteiger partial charge is 0.224 e. The van der Waals surface area contributed by atoms with Gasteiger partial charge in [-0.2, -0.15) is 0 Å². The number of carbonyl (C=O) groups excluding carboxylic acids is 1. The third-order valence-corrected chi connectivity index (χ3v) is 4.15. The Hall–Kier alpha value is -2.29. The summed E-state index contributed by atoms with van der Waals surface area (Å²) in [4.78, 5) is 18.1. The van der Waals surface area contributed by atoms with Gasteiger partial charge in [-0.05, 0) is 36.2 Å². The first-order chi connectivity index (χ1) is 13.6. The maximum atomic E-state index is 11.8. The molecular formula is C22H31IN4O2. The number of ether oxygens (including phenoxy) is 1. The number of likely N-dealkylation sites (N-methyl/N-ethyl adjacent to an activating group) is 1. The predicted molar refractivity (Wildman–Crippen MR) is 130 cm³/mol. The summed E-state index contributed by atoms with van der Waals surface area (Å²) in [7, 11) is 3.74. The molecule has 2 aromatic carbocycles. The van der Waals surface area contributed by atoms with Gasteiger partial charge in [0, 0.05) is 32.7 Å². The average molecular weight is 510 g/mol. The maximum Gasteiger partial charge on any atom is 0.224 e. The molecular weight excluding hydrogens is 479 g/mol. The van der Waals surface area contributed by atoms with Crippen LogP contribution in [0.2, 0.25) is 0 Å². The van der Waals surface area contributed by atoms with Gasteiger partial charge < -0.3 is 20.3 Å². The molecule has 0 radical (unpaired) electrons. The van der Waals surface area contributed by atoms with Crippen LogP contribution in [0.5, 0.6) is 5.75 Å². The van der Waals surface area contributed by atoms with Crippen LogP contribution in [0.15, 0.2) is 59.6 Å². The lowest BCUT2D eigenvalue weighted by molar-refractivity contribution is -0.116. The second-order valence-electron chi connectivity index (χ2n) is 6.48. The molecule has 2 N–H and O–H groups in total. The van der Waals surface area contributed by atoms with E-state index in [-0.39, 0.29) is 29.9 Å². The molecule has 0 aliphatic heterocycles. The van der Waals surface area contributed by atoms with E-state index < -0.39 is 0 Å². The number of halogens is 1. The molecule has 0 spiro atoms. The van der Waals surface area contributed by atoms with Gasteiger partial charge in [-0.3, -0.25) is 9.79 Å². The van der Waals surface area contributed by atoms with E-state index in [1.165, 1.54) is 0 Å². The number of rotatable bonds is 9. The van der Waals surface area contributed by atoms with Crippen LogP contribution < -0.4 is 15.4 Å². The van der Waals surface area contributed by atoms with Gasteiger partial charge in [-0.1, -0.05) is 37.3 Å². The Labute approximate surface area is 190 Å². The fourth-order valence-electron chi connectivity index (χ4n) is 2.70. The van der Waals surface area contributed by atoms with Crippen molar-refractivity contribution in [2.45, 2.75) is 26.3 Å². The molecule has 2 aromatic rings. The van der Waals surface area contributed by atoms with Crippen molar-refractivity contribution in [3.8, 4) is 5.75 Å². The van der Waals surface area contributed by atoms with Crippen molar-refractivity contribution in [3.63, 3.8) is 0 Å². The largest absolute Gasteiger partial charge is 0.492 e. The first-order valence-electron chi connectivity index (χ1n) is 9.60. The number of aliphatic imine (C=N–C) groups is 1. The van der Waals surface area contributed by atoms with Crippen molar-refractivity contribution in [1.82, 2.24) is 10.2 Å². The molecule has 0 heterocycles. The molecule has 1 amide bonds. The minimum atomic E-state index is 0. The fourth-order valence-corrected chi connectivity index (χ4v) is 2.70. The van der Waals surface area contributed by atoms with Crippen molar-refractivity contribution >= 4 is 41.5 Å².